The van der Waals surface area contributed by atoms with E-state index in [9.17, 15) is 9.18 Å². The smallest absolute Gasteiger partial charge is 0.257 e. The van der Waals surface area contributed by atoms with Gasteiger partial charge in [0.25, 0.3) is 5.91 Å². The highest BCUT2D eigenvalue weighted by molar-refractivity contribution is 8.14. The van der Waals surface area contributed by atoms with E-state index >= 15 is 0 Å². The fourth-order valence-corrected chi connectivity index (χ4v) is 3.45. The quantitative estimate of drug-likeness (QED) is 0.788. The van der Waals surface area contributed by atoms with Gasteiger partial charge in [-0.3, -0.25) is 14.8 Å². The Hall–Kier alpha value is -1.63. The summed E-state index contributed by atoms with van der Waals surface area (Å²) in [4.78, 5) is 24.4. The van der Waals surface area contributed by atoms with Gasteiger partial charge in [-0.15, -0.1) is 0 Å². The average Bonchev–Trinajstić information content (AvgIpc) is 2.94. The molecule has 3 heterocycles. The van der Waals surface area contributed by atoms with Gasteiger partial charge in [0.05, 0.1) is 18.3 Å². The van der Waals surface area contributed by atoms with Gasteiger partial charge in [0, 0.05) is 37.6 Å². The summed E-state index contributed by atoms with van der Waals surface area (Å²) in [6.45, 7) is 5.70. The van der Waals surface area contributed by atoms with Crippen molar-refractivity contribution in [2.75, 3.05) is 32.7 Å². The molecule has 2 aliphatic heterocycles. The van der Waals surface area contributed by atoms with E-state index in [0.717, 1.165) is 31.0 Å². The number of nitrogens with zero attached hydrogens (tertiary/aromatic N) is 4. The molecule has 0 N–H and O–H groups in total. The minimum absolute atomic E-state index is 0.0969. The average molecular weight is 308 g/mol. The molecule has 1 atom stereocenters. The van der Waals surface area contributed by atoms with Gasteiger partial charge in [0.15, 0.2) is 11.0 Å². The van der Waals surface area contributed by atoms with Crippen molar-refractivity contribution in [3.8, 4) is 0 Å². The molecule has 0 aliphatic carbocycles. The molecule has 0 bridgehead atoms. The van der Waals surface area contributed by atoms with Gasteiger partial charge in [0.2, 0.25) is 0 Å². The van der Waals surface area contributed by atoms with Crippen LogP contribution in [-0.4, -0.2) is 63.8 Å². The molecule has 5 nitrogen and oxygen atoms in total. The highest BCUT2D eigenvalue weighted by Crippen LogP contribution is 2.24. The molecule has 2 aliphatic rings. The Morgan fingerprint density at radius 3 is 2.76 bits per heavy atom. The molecule has 0 unspecified atom stereocenters. The van der Waals surface area contributed by atoms with Crippen LogP contribution in [0.1, 0.15) is 17.3 Å². The fraction of sp³-hybridized carbons (Fsp3) is 0.500. The summed E-state index contributed by atoms with van der Waals surface area (Å²) in [5.74, 6) is -0.821. The summed E-state index contributed by atoms with van der Waals surface area (Å²) >= 11 is 1.78. The molecule has 112 valence electrons. The lowest BCUT2D eigenvalue weighted by Crippen LogP contribution is -2.50. The van der Waals surface area contributed by atoms with Crippen molar-refractivity contribution in [2.24, 2.45) is 4.99 Å². The zero-order chi connectivity index (χ0) is 14.8. The minimum atomic E-state index is -0.561. The SMILES string of the molecule is C[C@@H]1CN=C(N2CCN(C(=O)c3ccncc3F)CC2)S1. The molecule has 3 rings (SSSR count). The van der Waals surface area contributed by atoms with Crippen molar-refractivity contribution in [3.05, 3.63) is 29.8 Å². The largest absolute Gasteiger partial charge is 0.348 e. The molecule has 21 heavy (non-hydrogen) atoms. The van der Waals surface area contributed by atoms with E-state index in [1.54, 1.807) is 16.7 Å². The Kier molecular flexibility index (Phi) is 4.10. The molecular formula is C14H17FN4OS. The number of piperazine rings is 1. The number of pyridine rings is 1. The van der Waals surface area contributed by atoms with E-state index in [2.05, 4.69) is 21.8 Å². The van der Waals surface area contributed by atoms with Crippen LogP contribution in [0.3, 0.4) is 0 Å². The van der Waals surface area contributed by atoms with Gasteiger partial charge >= 0.3 is 0 Å². The Balaban J connectivity index is 1.61. The number of hydrogen-bond donors (Lipinski definition) is 0. The van der Waals surface area contributed by atoms with Crippen molar-refractivity contribution >= 4 is 22.8 Å². The third-order valence-corrected chi connectivity index (χ3v) is 4.78. The first-order chi connectivity index (χ1) is 10.1. The standard InChI is InChI=1S/C14H17FN4OS/c1-10-8-17-14(21-10)19-6-4-18(5-7-19)13(20)11-2-3-16-9-12(11)15/h2-3,9-10H,4-8H2,1H3/t10-/m1/s1. The predicted molar refractivity (Wildman–Crippen MR) is 81.0 cm³/mol. The van der Waals surface area contributed by atoms with Crippen molar-refractivity contribution in [1.82, 2.24) is 14.8 Å². The number of amidine groups is 1. The number of rotatable bonds is 1. The molecule has 1 aromatic rings. The second kappa shape index (κ2) is 6.01. The summed E-state index contributed by atoms with van der Waals surface area (Å²) in [5.41, 5.74) is 0.0969. The number of hydrogen-bond acceptors (Lipinski definition) is 5. The van der Waals surface area contributed by atoms with E-state index < -0.39 is 5.82 Å². The minimum Gasteiger partial charge on any atom is -0.348 e. The molecule has 0 aromatic carbocycles. The van der Waals surface area contributed by atoms with Gasteiger partial charge in [-0.2, -0.15) is 0 Å². The second-order valence-electron chi connectivity index (χ2n) is 5.19. The summed E-state index contributed by atoms with van der Waals surface area (Å²) < 4.78 is 13.6. The highest BCUT2D eigenvalue weighted by Gasteiger charge is 2.27. The Morgan fingerprint density at radius 2 is 2.14 bits per heavy atom. The number of halogens is 1. The van der Waals surface area contributed by atoms with Gasteiger partial charge in [-0.05, 0) is 6.07 Å². The molecule has 1 fully saturated rings. The van der Waals surface area contributed by atoms with Crippen molar-refractivity contribution in [1.29, 1.82) is 0 Å². The first kappa shape index (κ1) is 14.3. The number of amides is 1. The Bertz CT molecular complexity index is 572. The zero-order valence-corrected chi connectivity index (χ0v) is 12.6. The first-order valence-electron chi connectivity index (χ1n) is 7.00. The molecule has 1 aromatic heterocycles. The van der Waals surface area contributed by atoms with Gasteiger partial charge in [-0.25, -0.2) is 4.39 Å². The van der Waals surface area contributed by atoms with Crippen LogP contribution in [0, 0.1) is 5.82 Å². The van der Waals surface area contributed by atoms with Crippen LogP contribution in [0.2, 0.25) is 0 Å². The van der Waals surface area contributed by atoms with Crippen molar-refractivity contribution in [3.63, 3.8) is 0 Å². The monoisotopic (exact) mass is 308 g/mol. The summed E-state index contributed by atoms with van der Waals surface area (Å²) in [7, 11) is 0. The maximum absolute atomic E-state index is 13.6. The van der Waals surface area contributed by atoms with Crippen LogP contribution in [0.25, 0.3) is 0 Å². The zero-order valence-electron chi connectivity index (χ0n) is 11.8. The summed E-state index contributed by atoms with van der Waals surface area (Å²) in [5, 5.41) is 1.61. The molecule has 0 radical (unpaired) electrons. The number of aromatic nitrogens is 1. The maximum atomic E-state index is 13.6. The van der Waals surface area contributed by atoms with E-state index in [1.807, 2.05) is 0 Å². The van der Waals surface area contributed by atoms with E-state index in [1.165, 1.54) is 12.3 Å². The lowest BCUT2D eigenvalue weighted by molar-refractivity contribution is 0.0689. The molecular weight excluding hydrogens is 291 g/mol. The topological polar surface area (TPSA) is 48.8 Å². The number of aliphatic imine (C=N–C) groups is 1. The number of carbonyl (C=O) groups excluding carboxylic acids is 1. The number of thioether (sulfide) groups is 1. The normalized spacial score (nSPS) is 22.4. The second-order valence-corrected chi connectivity index (χ2v) is 6.59. The third kappa shape index (κ3) is 3.02. The van der Waals surface area contributed by atoms with E-state index in [0.29, 0.717) is 18.3 Å². The third-order valence-electron chi connectivity index (χ3n) is 3.63. The molecule has 0 saturated carbocycles. The van der Waals surface area contributed by atoms with E-state index in [-0.39, 0.29) is 11.5 Å². The van der Waals surface area contributed by atoms with Crippen LogP contribution in [-0.2, 0) is 0 Å². The molecule has 0 spiro atoms. The van der Waals surface area contributed by atoms with Crippen LogP contribution < -0.4 is 0 Å². The van der Waals surface area contributed by atoms with Crippen molar-refractivity contribution < 1.29 is 9.18 Å². The van der Waals surface area contributed by atoms with Crippen molar-refractivity contribution in [2.45, 2.75) is 12.2 Å². The van der Waals surface area contributed by atoms with Crippen LogP contribution >= 0.6 is 11.8 Å². The Labute approximate surface area is 127 Å². The highest BCUT2D eigenvalue weighted by atomic mass is 32.2. The van der Waals surface area contributed by atoms with Gasteiger partial charge < -0.3 is 9.80 Å². The first-order valence-corrected chi connectivity index (χ1v) is 7.88. The molecule has 1 amide bonds. The van der Waals surface area contributed by atoms with Gasteiger partial charge in [0.1, 0.15) is 0 Å². The fourth-order valence-electron chi connectivity index (χ4n) is 2.46. The lowest BCUT2D eigenvalue weighted by atomic mass is 10.2. The van der Waals surface area contributed by atoms with Crippen LogP contribution in [0.5, 0.6) is 0 Å². The van der Waals surface area contributed by atoms with Gasteiger partial charge in [-0.1, -0.05) is 18.7 Å². The lowest BCUT2D eigenvalue weighted by Gasteiger charge is -2.35. The predicted octanol–water partition coefficient (Wildman–Crippen LogP) is 1.47. The molecule has 1 saturated heterocycles. The summed E-state index contributed by atoms with van der Waals surface area (Å²) in [6.07, 6.45) is 2.52. The van der Waals surface area contributed by atoms with E-state index in [4.69, 9.17) is 0 Å². The maximum Gasteiger partial charge on any atom is 0.257 e. The number of carbonyl (C=O) groups is 1. The molecule has 7 heteroatoms. The van der Waals surface area contributed by atoms with Crippen LogP contribution in [0.4, 0.5) is 4.39 Å². The van der Waals surface area contributed by atoms with Crippen LogP contribution in [0.15, 0.2) is 23.5 Å². The summed E-state index contributed by atoms with van der Waals surface area (Å²) in [6, 6.07) is 1.43. The Morgan fingerprint density at radius 1 is 1.38 bits per heavy atom.